The topological polar surface area (TPSA) is 88.1 Å². The van der Waals surface area contributed by atoms with E-state index in [1.54, 1.807) is 60.7 Å². The summed E-state index contributed by atoms with van der Waals surface area (Å²) in [4.78, 5) is 35.8. The number of rotatable bonds is 14. The van der Waals surface area contributed by atoms with E-state index in [1.807, 2.05) is 19.1 Å². The van der Waals surface area contributed by atoms with Gasteiger partial charge < -0.3 is 18.9 Å². The highest BCUT2D eigenvalue weighted by Crippen LogP contribution is 2.19. The van der Waals surface area contributed by atoms with Gasteiger partial charge in [-0.25, -0.2) is 14.4 Å². The zero-order valence-corrected chi connectivity index (χ0v) is 21.5. The quantitative estimate of drug-likeness (QED) is 0.105. The Labute approximate surface area is 223 Å². The summed E-state index contributed by atoms with van der Waals surface area (Å²) in [7, 11) is 0. The Balaban J connectivity index is 1.35. The Bertz CT molecular complexity index is 1200. The molecule has 0 aromatic heterocycles. The molecule has 0 bridgehead atoms. The molecule has 0 unspecified atom stereocenters. The predicted molar refractivity (Wildman–Crippen MR) is 144 cm³/mol. The molecule has 198 valence electrons. The molecule has 0 radical (unpaired) electrons. The molecular weight excluding hydrogens is 484 g/mol. The van der Waals surface area contributed by atoms with Crippen LogP contribution in [0.4, 0.5) is 0 Å². The molecule has 7 nitrogen and oxygen atoms in total. The lowest BCUT2D eigenvalue weighted by molar-refractivity contribution is -0.137. The van der Waals surface area contributed by atoms with Crippen molar-refractivity contribution in [2.24, 2.45) is 0 Å². The van der Waals surface area contributed by atoms with Crippen molar-refractivity contribution in [3.05, 3.63) is 102 Å². The Morgan fingerprint density at radius 1 is 0.632 bits per heavy atom. The number of ether oxygens (including phenoxy) is 4. The van der Waals surface area contributed by atoms with Gasteiger partial charge in [-0.05, 0) is 80.4 Å². The summed E-state index contributed by atoms with van der Waals surface area (Å²) < 4.78 is 21.4. The Kier molecular flexibility index (Phi) is 11.1. The van der Waals surface area contributed by atoms with Crippen LogP contribution in [0.2, 0.25) is 0 Å². The smallest absolute Gasteiger partial charge is 0.343 e. The van der Waals surface area contributed by atoms with Gasteiger partial charge in [0.2, 0.25) is 0 Å². The van der Waals surface area contributed by atoms with Crippen LogP contribution in [-0.4, -0.2) is 31.1 Å². The second kappa shape index (κ2) is 15.0. The van der Waals surface area contributed by atoms with Gasteiger partial charge in [-0.15, -0.1) is 0 Å². The lowest BCUT2D eigenvalue weighted by atomic mass is 10.1. The largest absolute Gasteiger partial charge is 0.494 e. The summed E-state index contributed by atoms with van der Waals surface area (Å²) in [6.07, 6.45) is 5.95. The molecule has 0 aliphatic carbocycles. The average molecular weight is 517 g/mol. The van der Waals surface area contributed by atoms with Gasteiger partial charge >= 0.3 is 17.9 Å². The molecule has 0 N–H and O–H groups in total. The number of unbranched alkanes of at least 4 members (excludes halogenated alkanes) is 4. The molecule has 7 heteroatoms. The van der Waals surface area contributed by atoms with Gasteiger partial charge in [0.1, 0.15) is 17.2 Å². The first kappa shape index (κ1) is 28.2. The first-order valence-corrected chi connectivity index (χ1v) is 12.6. The summed E-state index contributed by atoms with van der Waals surface area (Å²) >= 11 is 0. The molecule has 0 aliphatic rings. The molecule has 0 fully saturated rings. The fourth-order valence-corrected chi connectivity index (χ4v) is 3.44. The Hall–Kier alpha value is -4.39. The van der Waals surface area contributed by atoms with Crippen molar-refractivity contribution in [2.45, 2.75) is 39.0 Å². The van der Waals surface area contributed by atoms with Crippen molar-refractivity contribution >= 4 is 17.9 Å². The van der Waals surface area contributed by atoms with Crippen molar-refractivity contribution in [1.82, 2.24) is 0 Å². The number of carbonyl (C=O) groups excluding carboxylic acids is 3. The van der Waals surface area contributed by atoms with Crippen molar-refractivity contribution in [2.75, 3.05) is 13.2 Å². The molecule has 0 atom stereocenters. The zero-order chi connectivity index (χ0) is 27.2. The molecule has 3 rings (SSSR count). The third-order valence-electron chi connectivity index (χ3n) is 5.59. The van der Waals surface area contributed by atoms with Gasteiger partial charge in [-0.3, -0.25) is 0 Å². The maximum Gasteiger partial charge on any atom is 0.343 e. The first-order valence-electron chi connectivity index (χ1n) is 12.6. The van der Waals surface area contributed by atoms with Crippen molar-refractivity contribution in [3.8, 4) is 17.2 Å². The van der Waals surface area contributed by atoms with E-state index in [4.69, 9.17) is 18.9 Å². The van der Waals surface area contributed by atoms with E-state index >= 15 is 0 Å². The minimum Gasteiger partial charge on any atom is -0.494 e. The number of carbonyl (C=O) groups is 3. The van der Waals surface area contributed by atoms with Crippen molar-refractivity contribution < 1.29 is 33.3 Å². The molecule has 0 amide bonds. The van der Waals surface area contributed by atoms with Crippen LogP contribution in [0.5, 0.6) is 17.2 Å². The molecule has 38 heavy (non-hydrogen) atoms. The van der Waals surface area contributed by atoms with Gasteiger partial charge in [0.05, 0.1) is 24.3 Å². The van der Waals surface area contributed by atoms with Gasteiger partial charge in [-0.1, -0.05) is 43.5 Å². The standard InChI is InChI=1S/C31H32O7/c1-3-29(32)36-22-8-6-4-5-7-21-35-26-17-11-24(12-18-26)30(33)38-28-19-13-25(14-20-28)31(34)37-27-15-9-23(2)10-16-27/h3,9-20H,1,4-8,21-22H2,2H3. The SMILES string of the molecule is C=CC(=O)OCCCCCCCOc1ccc(C(=O)Oc2ccc(C(=O)Oc3ccc(C)cc3)cc2)cc1. The molecule has 0 aliphatic heterocycles. The normalized spacial score (nSPS) is 10.3. The second-order valence-corrected chi connectivity index (χ2v) is 8.63. The monoisotopic (exact) mass is 516 g/mol. The number of aryl methyl sites for hydroxylation is 1. The molecule has 0 heterocycles. The maximum absolute atomic E-state index is 12.5. The predicted octanol–water partition coefficient (Wildman–Crippen LogP) is 6.49. The van der Waals surface area contributed by atoms with E-state index in [2.05, 4.69) is 6.58 Å². The minimum absolute atomic E-state index is 0.320. The lowest BCUT2D eigenvalue weighted by Gasteiger charge is -2.08. The molecule has 0 saturated heterocycles. The van der Waals surface area contributed by atoms with E-state index in [1.165, 1.54) is 6.08 Å². The van der Waals surface area contributed by atoms with Gasteiger partial charge in [-0.2, -0.15) is 0 Å². The fourth-order valence-electron chi connectivity index (χ4n) is 3.44. The molecule has 0 spiro atoms. The van der Waals surface area contributed by atoms with Crippen LogP contribution < -0.4 is 14.2 Å². The van der Waals surface area contributed by atoms with Gasteiger partial charge in [0.25, 0.3) is 0 Å². The fraction of sp³-hybridized carbons (Fsp3) is 0.258. The van der Waals surface area contributed by atoms with Crippen LogP contribution in [-0.2, 0) is 9.53 Å². The van der Waals surface area contributed by atoms with Crippen LogP contribution in [0.1, 0.15) is 58.4 Å². The summed E-state index contributed by atoms with van der Waals surface area (Å²) in [5, 5.41) is 0. The number of hydrogen-bond donors (Lipinski definition) is 0. The molecule has 3 aromatic carbocycles. The van der Waals surface area contributed by atoms with Crippen LogP contribution in [0.3, 0.4) is 0 Å². The van der Waals surface area contributed by atoms with Crippen LogP contribution in [0, 0.1) is 6.92 Å². The van der Waals surface area contributed by atoms with Crippen molar-refractivity contribution in [3.63, 3.8) is 0 Å². The Morgan fingerprint density at radius 3 is 1.61 bits per heavy atom. The van der Waals surface area contributed by atoms with E-state index in [0.717, 1.165) is 37.7 Å². The van der Waals surface area contributed by atoms with E-state index in [0.29, 0.717) is 41.6 Å². The summed E-state index contributed by atoms with van der Waals surface area (Å²) in [5.41, 5.74) is 1.81. The van der Waals surface area contributed by atoms with Gasteiger partial charge in [0, 0.05) is 6.08 Å². The first-order chi connectivity index (χ1) is 18.4. The minimum atomic E-state index is -0.509. The summed E-state index contributed by atoms with van der Waals surface area (Å²) in [6, 6.07) is 20.2. The highest BCUT2D eigenvalue weighted by atomic mass is 16.5. The maximum atomic E-state index is 12.5. The van der Waals surface area contributed by atoms with Crippen LogP contribution in [0.25, 0.3) is 0 Å². The third-order valence-corrected chi connectivity index (χ3v) is 5.59. The van der Waals surface area contributed by atoms with E-state index in [-0.39, 0.29) is 5.97 Å². The van der Waals surface area contributed by atoms with E-state index < -0.39 is 11.9 Å². The number of benzene rings is 3. The van der Waals surface area contributed by atoms with Crippen molar-refractivity contribution in [1.29, 1.82) is 0 Å². The highest BCUT2D eigenvalue weighted by Gasteiger charge is 2.12. The molecular formula is C31H32O7. The average Bonchev–Trinajstić information content (AvgIpc) is 2.93. The number of hydrogen-bond acceptors (Lipinski definition) is 7. The highest BCUT2D eigenvalue weighted by molar-refractivity contribution is 5.92. The van der Waals surface area contributed by atoms with Crippen LogP contribution >= 0.6 is 0 Å². The lowest BCUT2D eigenvalue weighted by Crippen LogP contribution is -2.10. The number of esters is 3. The Morgan fingerprint density at radius 2 is 1.08 bits per heavy atom. The summed E-state index contributed by atoms with van der Waals surface area (Å²) in [6.45, 7) is 6.31. The molecule has 3 aromatic rings. The summed E-state index contributed by atoms with van der Waals surface area (Å²) in [5.74, 6) is 0.0727. The zero-order valence-electron chi connectivity index (χ0n) is 21.5. The third kappa shape index (κ3) is 9.58. The second-order valence-electron chi connectivity index (χ2n) is 8.63. The van der Waals surface area contributed by atoms with Crippen LogP contribution in [0.15, 0.2) is 85.5 Å². The molecule has 0 saturated carbocycles. The van der Waals surface area contributed by atoms with Gasteiger partial charge in [0.15, 0.2) is 0 Å². The van der Waals surface area contributed by atoms with E-state index in [9.17, 15) is 14.4 Å².